The molecular weight excluding hydrogens is 651 g/mol. The van der Waals surface area contributed by atoms with Gasteiger partial charge in [-0.2, -0.15) is 13.2 Å². The first-order valence-electron chi connectivity index (χ1n) is 15.2. The average molecular weight is 690 g/mol. The highest BCUT2D eigenvalue weighted by Crippen LogP contribution is 2.24. The Hall–Kier alpha value is -5.32. The molecule has 1 heterocycles. The van der Waals surface area contributed by atoms with E-state index in [2.05, 4.69) is 26.1 Å². The van der Waals surface area contributed by atoms with E-state index in [1.165, 1.54) is 6.92 Å². The van der Waals surface area contributed by atoms with Gasteiger partial charge in [-0.15, -0.1) is 10.2 Å². The molecule has 0 bridgehead atoms. The molecule has 5 unspecified atom stereocenters. The van der Waals surface area contributed by atoms with Gasteiger partial charge in [-0.3, -0.25) is 24.0 Å². The van der Waals surface area contributed by atoms with Crippen molar-refractivity contribution in [1.82, 2.24) is 31.5 Å². The minimum Gasteiger partial charge on any atom is -0.412 e. The molecule has 0 spiro atoms. The maximum atomic E-state index is 13.5. The Kier molecular flexibility index (Phi) is 13.4. The van der Waals surface area contributed by atoms with Gasteiger partial charge in [0.25, 0.3) is 0 Å². The SMILES string of the molecule is CC(NC(=O)C(Cc1ccccc1)NC(=O)C(NC(=O)c1nnc(-c2ccccc2)o1)C(C)C)C(=O)NC(CCC(N)=O)C(O)C(F)(F)F. The number of alkyl halides is 3. The number of benzene rings is 2. The minimum absolute atomic E-state index is 0.0658. The number of aliphatic hydroxyl groups excluding tert-OH is 1. The van der Waals surface area contributed by atoms with Gasteiger partial charge in [0.15, 0.2) is 6.10 Å². The Morgan fingerprint density at radius 2 is 1.45 bits per heavy atom. The van der Waals surface area contributed by atoms with Crippen LogP contribution in [0.4, 0.5) is 13.2 Å². The number of hydrogen-bond acceptors (Lipinski definition) is 9. The molecular formula is C32H38F3N7O7. The van der Waals surface area contributed by atoms with Crippen molar-refractivity contribution in [2.45, 2.75) is 76.5 Å². The number of carbonyl (C=O) groups excluding carboxylic acids is 5. The van der Waals surface area contributed by atoms with Gasteiger partial charge in [0, 0.05) is 18.4 Å². The number of carbonyl (C=O) groups is 5. The van der Waals surface area contributed by atoms with Crippen LogP contribution in [0.25, 0.3) is 11.5 Å². The first kappa shape index (κ1) is 38.1. The quantitative estimate of drug-likeness (QED) is 0.128. The standard InChI is InChI=1S/C32H38F3N7O7/c1-17(2)24(40-29(48)31-42-41-30(49-31)20-12-8-5-9-13-20)28(47)39-22(16-19-10-6-4-7-11-19)27(46)37-18(3)26(45)38-21(14-15-23(36)43)25(44)32(33,34)35/h4-13,17-18,21-22,24-25,44H,14-16H2,1-3H3,(H2,36,43)(H,37,46)(H,38,45)(H,39,47)(H,40,48). The Morgan fingerprint density at radius 3 is 2.02 bits per heavy atom. The average Bonchev–Trinajstić information content (AvgIpc) is 3.55. The van der Waals surface area contributed by atoms with Crippen LogP contribution in [0.3, 0.4) is 0 Å². The molecule has 3 rings (SSSR count). The van der Waals surface area contributed by atoms with E-state index < -0.39 is 90.6 Å². The molecule has 264 valence electrons. The predicted molar refractivity (Wildman–Crippen MR) is 168 cm³/mol. The normalized spacial score (nSPS) is 14.5. The van der Waals surface area contributed by atoms with E-state index in [9.17, 15) is 42.3 Å². The molecule has 0 fully saturated rings. The molecule has 3 aromatic rings. The molecule has 2 aromatic carbocycles. The summed E-state index contributed by atoms with van der Waals surface area (Å²) in [6.45, 7) is 4.48. The highest BCUT2D eigenvalue weighted by Gasteiger charge is 2.44. The van der Waals surface area contributed by atoms with Crippen LogP contribution in [0.5, 0.6) is 0 Å². The second-order valence-corrected chi connectivity index (χ2v) is 11.6. The van der Waals surface area contributed by atoms with E-state index in [1.807, 2.05) is 5.32 Å². The summed E-state index contributed by atoms with van der Waals surface area (Å²) < 4.78 is 45.1. The number of halogens is 3. The largest absolute Gasteiger partial charge is 0.416 e. The third-order valence-corrected chi connectivity index (χ3v) is 7.29. The second-order valence-electron chi connectivity index (χ2n) is 11.6. The van der Waals surface area contributed by atoms with Crippen molar-refractivity contribution in [1.29, 1.82) is 0 Å². The molecule has 5 atom stereocenters. The molecule has 17 heteroatoms. The smallest absolute Gasteiger partial charge is 0.412 e. The number of nitrogens with zero attached hydrogens (tertiary/aromatic N) is 2. The van der Waals surface area contributed by atoms with E-state index in [0.29, 0.717) is 11.1 Å². The summed E-state index contributed by atoms with van der Waals surface area (Å²) in [4.78, 5) is 64.0. The number of aliphatic hydroxyl groups is 1. The lowest BCUT2D eigenvalue weighted by Crippen LogP contribution is -2.59. The third-order valence-electron chi connectivity index (χ3n) is 7.29. The molecule has 5 amide bonds. The van der Waals surface area contributed by atoms with Crippen molar-refractivity contribution >= 4 is 29.5 Å². The molecule has 14 nitrogen and oxygen atoms in total. The topological polar surface area (TPSA) is 219 Å². The second kappa shape index (κ2) is 17.2. The van der Waals surface area contributed by atoms with Crippen LogP contribution in [0.1, 0.15) is 49.9 Å². The fourth-order valence-corrected chi connectivity index (χ4v) is 4.59. The van der Waals surface area contributed by atoms with E-state index in [0.717, 1.165) is 0 Å². The molecule has 0 aliphatic rings. The Balaban J connectivity index is 1.74. The Bertz CT molecular complexity index is 1590. The molecule has 0 aliphatic heterocycles. The zero-order valence-electron chi connectivity index (χ0n) is 26.9. The molecule has 0 aliphatic carbocycles. The van der Waals surface area contributed by atoms with Crippen molar-refractivity contribution in [2.24, 2.45) is 11.7 Å². The zero-order chi connectivity index (χ0) is 36.3. The number of nitrogens with two attached hydrogens (primary N) is 1. The van der Waals surface area contributed by atoms with Gasteiger partial charge in [0.2, 0.25) is 29.5 Å². The van der Waals surface area contributed by atoms with Crippen LogP contribution in [0.15, 0.2) is 65.1 Å². The zero-order valence-corrected chi connectivity index (χ0v) is 26.9. The van der Waals surface area contributed by atoms with Gasteiger partial charge in [-0.25, -0.2) is 0 Å². The van der Waals surface area contributed by atoms with Crippen LogP contribution < -0.4 is 27.0 Å². The fourth-order valence-electron chi connectivity index (χ4n) is 4.59. The number of hydrogen-bond donors (Lipinski definition) is 6. The van der Waals surface area contributed by atoms with Crippen molar-refractivity contribution in [3.63, 3.8) is 0 Å². The lowest BCUT2D eigenvalue weighted by Gasteiger charge is -2.28. The van der Waals surface area contributed by atoms with E-state index in [1.54, 1.807) is 74.5 Å². The van der Waals surface area contributed by atoms with Gasteiger partial charge >= 0.3 is 18.0 Å². The summed E-state index contributed by atoms with van der Waals surface area (Å²) in [7, 11) is 0. The van der Waals surface area contributed by atoms with Crippen molar-refractivity contribution < 1.29 is 46.7 Å². The summed E-state index contributed by atoms with van der Waals surface area (Å²) in [5.74, 6) is -5.34. The van der Waals surface area contributed by atoms with Crippen molar-refractivity contribution in [2.75, 3.05) is 0 Å². The minimum atomic E-state index is -5.12. The lowest BCUT2D eigenvalue weighted by molar-refractivity contribution is -0.212. The predicted octanol–water partition coefficient (Wildman–Crippen LogP) is 1.40. The lowest BCUT2D eigenvalue weighted by atomic mass is 10.0. The molecule has 0 radical (unpaired) electrons. The van der Waals surface area contributed by atoms with Crippen molar-refractivity contribution in [3.8, 4) is 11.5 Å². The van der Waals surface area contributed by atoms with Gasteiger partial charge in [0.1, 0.15) is 18.1 Å². The number of nitrogens with one attached hydrogen (secondary N) is 4. The maximum Gasteiger partial charge on any atom is 0.416 e. The van der Waals surface area contributed by atoms with E-state index in [-0.39, 0.29) is 12.3 Å². The molecule has 1 aromatic heterocycles. The van der Waals surface area contributed by atoms with Crippen LogP contribution >= 0.6 is 0 Å². The van der Waals surface area contributed by atoms with Gasteiger partial charge in [0.05, 0.1) is 6.04 Å². The highest BCUT2D eigenvalue weighted by atomic mass is 19.4. The number of aromatic nitrogens is 2. The van der Waals surface area contributed by atoms with E-state index in [4.69, 9.17) is 10.2 Å². The summed E-state index contributed by atoms with van der Waals surface area (Å²) in [6.07, 6.45) is -9.37. The molecule has 0 saturated carbocycles. The fraction of sp³-hybridized carbons (Fsp3) is 0.406. The van der Waals surface area contributed by atoms with Gasteiger partial charge in [-0.1, -0.05) is 62.4 Å². The molecule has 0 saturated heterocycles. The van der Waals surface area contributed by atoms with Crippen LogP contribution in [0.2, 0.25) is 0 Å². The summed E-state index contributed by atoms with van der Waals surface area (Å²) in [5.41, 5.74) is 6.21. The Morgan fingerprint density at radius 1 is 0.837 bits per heavy atom. The molecule has 7 N–H and O–H groups in total. The monoisotopic (exact) mass is 689 g/mol. The number of rotatable bonds is 16. The third kappa shape index (κ3) is 11.4. The summed E-state index contributed by atoms with van der Waals surface area (Å²) in [5, 5.41) is 26.9. The highest BCUT2D eigenvalue weighted by molar-refractivity contribution is 5.97. The molecule has 49 heavy (non-hydrogen) atoms. The number of primary amides is 1. The Labute approximate surface area is 279 Å². The summed E-state index contributed by atoms with van der Waals surface area (Å²) >= 11 is 0. The number of amides is 5. The van der Waals surface area contributed by atoms with Crippen LogP contribution in [0, 0.1) is 5.92 Å². The summed E-state index contributed by atoms with van der Waals surface area (Å²) in [6, 6.07) is 11.3. The first-order valence-corrected chi connectivity index (χ1v) is 15.2. The first-order chi connectivity index (χ1) is 23.1. The van der Waals surface area contributed by atoms with Crippen LogP contribution in [-0.2, 0) is 25.6 Å². The van der Waals surface area contributed by atoms with Gasteiger partial charge in [-0.05, 0) is 37.0 Å². The maximum absolute atomic E-state index is 13.5. The van der Waals surface area contributed by atoms with Crippen LogP contribution in [-0.4, -0.2) is 81.3 Å². The van der Waals surface area contributed by atoms with E-state index >= 15 is 0 Å². The van der Waals surface area contributed by atoms with Gasteiger partial charge < -0.3 is 36.5 Å². The van der Waals surface area contributed by atoms with Crippen molar-refractivity contribution in [3.05, 3.63) is 72.1 Å².